The third kappa shape index (κ3) is 2.21. The van der Waals surface area contributed by atoms with E-state index < -0.39 is 5.97 Å². The molecule has 20 heavy (non-hydrogen) atoms. The number of carboxylic acids is 1. The number of hydrogen-bond donors (Lipinski definition) is 1. The Labute approximate surface area is 118 Å². The Hall–Kier alpha value is -2.47. The fourth-order valence-corrected chi connectivity index (χ4v) is 2.71. The number of aryl methyl sites for hydroxylation is 1. The van der Waals surface area contributed by atoms with Crippen LogP contribution in [-0.4, -0.2) is 21.0 Å². The largest absolute Gasteiger partial charge is 0.478 e. The first kappa shape index (κ1) is 12.6. The second-order valence-electron chi connectivity index (χ2n) is 4.23. The second kappa shape index (κ2) is 4.90. The van der Waals surface area contributed by atoms with Crippen molar-refractivity contribution in [2.45, 2.75) is 6.92 Å². The number of aromatic carboxylic acids is 1. The zero-order valence-electron chi connectivity index (χ0n) is 10.5. The Bertz CT molecular complexity index is 776. The van der Waals surface area contributed by atoms with Gasteiger partial charge in [-0.05, 0) is 18.6 Å². The maximum Gasteiger partial charge on any atom is 0.338 e. The number of carbonyl (C=O) groups is 1. The molecule has 0 saturated carbocycles. The molecule has 0 aliphatic carbocycles. The molecule has 3 heterocycles. The van der Waals surface area contributed by atoms with E-state index in [4.69, 9.17) is 9.52 Å². The summed E-state index contributed by atoms with van der Waals surface area (Å²) in [5, 5.41) is 11.6. The van der Waals surface area contributed by atoms with Crippen LogP contribution in [0, 0.1) is 6.92 Å². The molecule has 0 aromatic carbocycles. The van der Waals surface area contributed by atoms with E-state index in [1.54, 1.807) is 12.4 Å². The first-order valence-corrected chi connectivity index (χ1v) is 6.72. The molecular formula is C14H10N2O3S. The topological polar surface area (TPSA) is 76.2 Å². The summed E-state index contributed by atoms with van der Waals surface area (Å²) >= 11 is 1.48. The van der Waals surface area contributed by atoms with Gasteiger partial charge in [-0.15, -0.1) is 11.3 Å². The molecule has 0 unspecified atom stereocenters. The van der Waals surface area contributed by atoms with Gasteiger partial charge in [0.15, 0.2) is 5.76 Å². The van der Waals surface area contributed by atoms with Crippen LogP contribution in [0.1, 0.15) is 15.9 Å². The molecule has 0 aliphatic heterocycles. The van der Waals surface area contributed by atoms with E-state index in [2.05, 4.69) is 9.97 Å². The summed E-state index contributed by atoms with van der Waals surface area (Å²) in [5.74, 6) is -0.558. The number of rotatable bonds is 3. The quantitative estimate of drug-likeness (QED) is 0.797. The van der Waals surface area contributed by atoms with Gasteiger partial charge in [0, 0.05) is 29.4 Å². The van der Waals surface area contributed by atoms with E-state index in [9.17, 15) is 4.79 Å². The van der Waals surface area contributed by atoms with Crippen LogP contribution in [0.3, 0.4) is 0 Å². The van der Waals surface area contributed by atoms with Crippen LogP contribution < -0.4 is 0 Å². The SMILES string of the molecule is Cc1cnccc1-c1nc(-c2cc(C(=O)O)co2)cs1. The Kier molecular flexibility index (Phi) is 3.08. The molecule has 3 rings (SSSR count). The molecule has 0 bridgehead atoms. The van der Waals surface area contributed by atoms with E-state index in [-0.39, 0.29) is 5.56 Å². The summed E-state index contributed by atoms with van der Waals surface area (Å²) in [7, 11) is 0. The van der Waals surface area contributed by atoms with Crippen LogP contribution in [0.5, 0.6) is 0 Å². The average Bonchev–Trinajstić information content (AvgIpc) is 3.08. The predicted molar refractivity (Wildman–Crippen MR) is 74.7 cm³/mol. The monoisotopic (exact) mass is 286 g/mol. The van der Waals surface area contributed by atoms with Gasteiger partial charge in [-0.2, -0.15) is 0 Å². The third-order valence-electron chi connectivity index (χ3n) is 2.85. The number of furan rings is 1. The molecule has 5 nitrogen and oxygen atoms in total. The van der Waals surface area contributed by atoms with Crippen molar-refractivity contribution in [3.63, 3.8) is 0 Å². The van der Waals surface area contributed by atoms with Gasteiger partial charge in [0.1, 0.15) is 17.0 Å². The fraction of sp³-hybridized carbons (Fsp3) is 0.0714. The van der Waals surface area contributed by atoms with Gasteiger partial charge in [-0.3, -0.25) is 4.98 Å². The summed E-state index contributed by atoms with van der Waals surface area (Å²) in [6.45, 7) is 1.97. The Morgan fingerprint density at radius 3 is 3.00 bits per heavy atom. The highest BCUT2D eigenvalue weighted by Crippen LogP contribution is 2.31. The van der Waals surface area contributed by atoms with E-state index in [0.717, 1.165) is 16.1 Å². The maximum absolute atomic E-state index is 10.8. The number of thiazole rings is 1. The molecule has 0 aliphatic rings. The minimum Gasteiger partial charge on any atom is -0.478 e. The lowest BCUT2D eigenvalue weighted by Gasteiger charge is -1.99. The van der Waals surface area contributed by atoms with Crippen LogP contribution in [0.4, 0.5) is 0 Å². The molecule has 3 aromatic rings. The van der Waals surface area contributed by atoms with Gasteiger partial charge < -0.3 is 9.52 Å². The second-order valence-corrected chi connectivity index (χ2v) is 5.09. The Morgan fingerprint density at radius 1 is 1.45 bits per heavy atom. The summed E-state index contributed by atoms with van der Waals surface area (Å²) < 4.78 is 5.24. The highest BCUT2D eigenvalue weighted by Gasteiger charge is 2.14. The first-order valence-electron chi connectivity index (χ1n) is 5.84. The standard InChI is InChI=1S/C14H10N2O3S/c1-8-5-15-3-2-10(8)13-16-11(7-20-13)12-4-9(6-19-12)14(17)18/h2-7H,1H3,(H,17,18). The summed E-state index contributed by atoms with van der Waals surface area (Å²) in [6.07, 6.45) is 4.72. The number of carboxylic acid groups (broad SMARTS) is 1. The number of aromatic nitrogens is 2. The molecular weight excluding hydrogens is 276 g/mol. The first-order chi connectivity index (χ1) is 9.65. The molecule has 0 atom stereocenters. The Morgan fingerprint density at radius 2 is 2.30 bits per heavy atom. The van der Waals surface area contributed by atoms with E-state index in [1.807, 2.05) is 18.4 Å². The highest BCUT2D eigenvalue weighted by atomic mass is 32.1. The molecule has 0 amide bonds. The van der Waals surface area contributed by atoms with Crippen LogP contribution >= 0.6 is 11.3 Å². The highest BCUT2D eigenvalue weighted by molar-refractivity contribution is 7.13. The average molecular weight is 286 g/mol. The van der Waals surface area contributed by atoms with Crippen molar-refractivity contribution in [2.75, 3.05) is 0 Å². The minimum absolute atomic E-state index is 0.120. The molecule has 100 valence electrons. The molecule has 0 radical (unpaired) electrons. The fourth-order valence-electron chi connectivity index (χ4n) is 1.81. The molecule has 0 saturated heterocycles. The van der Waals surface area contributed by atoms with E-state index in [0.29, 0.717) is 11.5 Å². The van der Waals surface area contributed by atoms with Crippen LogP contribution in [0.2, 0.25) is 0 Å². The maximum atomic E-state index is 10.8. The zero-order valence-corrected chi connectivity index (χ0v) is 11.3. The van der Waals surface area contributed by atoms with Gasteiger partial charge in [-0.1, -0.05) is 0 Å². The van der Waals surface area contributed by atoms with Crippen molar-refractivity contribution in [1.29, 1.82) is 0 Å². The van der Waals surface area contributed by atoms with Crippen molar-refractivity contribution in [1.82, 2.24) is 9.97 Å². The smallest absolute Gasteiger partial charge is 0.338 e. The van der Waals surface area contributed by atoms with Crippen molar-refractivity contribution < 1.29 is 14.3 Å². The van der Waals surface area contributed by atoms with Crippen molar-refractivity contribution in [3.05, 3.63) is 47.3 Å². The number of pyridine rings is 1. The van der Waals surface area contributed by atoms with Gasteiger partial charge in [0.2, 0.25) is 0 Å². The van der Waals surface area contributed by atoms with Crippen LogP contribution in [0.25, 0.3) is 22.0 Å². The minimum atomic E-state index is -1.01. The van der Waals surface area contributed by atoms with Crippen molar-refractivity contribution in [2.24, 2.45) is 0 Å². The van der Waals surface area contributed by atoms with Crippen LogP contribution in [0.15, 0.2) is 40.6 Å². The van der Waals surface area contributed by atoms with Gasteiger partial charge in [-0.25, -0.2) is 9.78 Å². The van der Waals surface area contributed by atoms with Crippen molar-refractivity contribution >= 4 is 17.3 Å². The molecule has 0 fully saturated rings. The number of nitrogens with zero attached hydrogens (tertiary/aromatic N) is 2. The van der Waals surface area contributed by atoms with Gasteiger partial charge >= 0.3 is 5.97 Å². The van der Waals surface area contributed by atoms with E-state index >= 15 is 0 Å². The lowest BCUT2D eigenvalue weighted by molar-refractivity contribution is 0.0696. The third-order valence-corrected chi connectivity index (χ3v) is 3.73. The normalized spacial score (nSPS) is 10.7. The lowest BCUT2D eigenvalue weighted by atomic mass is 10.2. The predicted octanol–water partition coefficient (Wildman–Crippen LogP) is 3.47. The number of hydrogen-bond acceptors (Lipinski definition) is 5. The van der Waals surface area contributed by atoms with Gasteiger partial charge in [0.25, 0.3) is 0 Å². The lowest BCUT2D eigenvalue weighted by Crippen LogP contribution is -1.91. The van der Waals surface area contributed by atoms with Gasteiger partial charge in [0.05, 0.1) is 5.56 Å². The molecule has 0 spiro atoms. The Balaban J connectivity index is 1.98. The zero-order chi connectivity index (χ0) is 14.1. The van der Waals surface area contributed by atoms with Crippen molar-refractivity contribution in [3.8, 4) is 22.0 Å². The summed E-state index contributed by atoms with van der Waals surface area (Å²) in [4.78, 5) is 19.4. The molecule has 6 heteroatoms. The summed E-state index contributed by atoms with van der Waals surface area (Å²) in [6, 6.07) is 3.38. The molecule has 3 aromatic heterocycles. The summed E-state index contributed by atoms with van der Waals surface area (Å²) in [5.41, 5.74) is 2.81. The van der Waals surface area contributed by atoms with Crippen LogP contribution in [-0.2, 0) is 0 Å². The molecule has 1 N–H and O–H groups in total. The van der Waals surface area contributed by atoms with E-state index in [1.165, 1.54) is 23.7 Å².